The summed E-state index contributed by atoms with van der Waals surface area (Å²) in [5.41, 5.74) is 12.4. The van der Waals surface area contributed by atoms with Gasteiger partial charge >= 0.3 is 0 Å². The van der Waals surface area contributed by atoms with Crippen molar-refractivity contribution in [3.63, 3.8) is 0 Å². The van der Waals surface area contributed by atoms with Crippen molar-refractivity contribution in [2.45, 2.75) is 12.5 Å². The predicted molar refractivity (Wildman–Crippen MR) is 64.8 cm³/mol. The Bertz CT molecular complexity index is 422. The van der Waals surface area contributed by atoms with E-state index >= 15 is 0 Å². The molecular formula is C11H14ClN3O. The Morgan fingerprint density at radius 2 is 2.25 bits per heavy atom. The fourth-order valence-corrected chi connectivity index (χ4v) is 2.15. The van der Waals surface area contributed by atoms with Crippen LogP contribution in [0.2, 0.25) is 5.02 Å². The number of carbonyl (C=O) groups is 1. The van der Waals surface area contributed by atoms with E-state index in [9.17, 15) is 4.79 Å². The number of hydrogen-bond donors (Lipinski definition) is 2. The maximum absolute atomic E-state index is 11.3. The first-order valence-electron chi connectivity index (χ1n) is 5.18. The van der Waals surface area contributed by atoms with Gasteiger partial charge in [-0.3, -0.25) is 4.79 Å². The first-order valence-corrected chi connectivity index (χ1v) is 5.55. The molecule has 0 spiro atoms. The van der Waals surface area contributed by atoms with Crippen molar-refractivity contribution >= 4 is 23.2 Å². The first kappa shape index (κ1) is 11.2. The van der Waals surface area contributed by atoms with Gasteiger partial charge in [0.1, 0.15) is 0 Å². The molecule has 1 fully saturated rings. The number of halogens is 1. The van der Waals surface area contributed by atoms with Crippen LogP contribution in [0, 0.1) is 0 Å². The highest BCUT2D eigenvalue weighted by Gasteiger charge is 2.22. The SMILES string of the molecule is NC(=O)c1ccc(Cl)cc1N1CCC(N)C1. The molecule has 1 atom stereocenters. The summed E-state index contributed by atoms with van der Waals surface area (Å²) >= 11 is 5.93. The molecule has 0 aromatic heterocycles. The van der Waals surface area contributed by atoms with Crippen molar-refractivity contribution in [2.75, 3.05) is 18.0 Å². The highest BCUT2D eigenvalue weighted by atomic mass is 35.5. The monoisotopic (exact) mass is 239 g/mol. The smallest absolute Gasteiger partial charge is 0.250 e. The lowest BCUT2D eigenvalue weighted by atomic mass is 10.1. The van der Waals surface area contributed by atoms with Crippen LogP contribution in [-0.4, -0.2) is 25.0 Å². The minimum Gasteiger partial charge on any atom is -0.369 e. The summed E-state index contributed by atoms with van der Waals surface area (Å²) in [7, 11) is 0. The third-order valence-electron chi connectivity index (χ3n) is 2.79. The van der Waals surface area contributed by atoms with Crippen molar-refractivity contribution in [1.29, 1.82) is 0 Å². The Morgan fingerprint density at radius 3 is 2.81 bits per heavy atom. The van der Waals surface area contributed by atoms with Gasteiger partial charge in [-0.25, -0.2) is 0 Å². The van der Waals surface area contributed by atoms with Crippen LogP contribution in [0.5, 0.6) is 0 Å². The Hall–Kier alpha value is -1.26. The van der Waals surface area contributed by atoms with E-state index in [4.69, 9.17) is 23.1 Å². The molecule has 1 aliphatic rings. The van der Waals surface area contributed by atoms with Crippen molar-refractivity contribution in [2.24, 2.45) is 11.5 Å². The second kappa shape index (κ2) is 4.31. The molecular weight excluding hydrogens is 226 g/mol. The summed E-state index contributed by atoms with van der Waals surface area (Å²) in [6.45, 7) is 1.57. The molecule has 1 heterocycles. The molecule has 5 heteroatoms. The number of rotatable bonds is 2. The number of carbonyl (C=O) groups excluding carboxylic acids is 1. The summed E-state index contributed by atoms with van der Waals surface area (Å²) in [4.78, 5) is 13.3. The Kier molecular flexibility index (Phi) is 3.03. The number of primary amides is 1. The van der Waals surface area contributed by atoms with E-state index in [1.54, 1.807) is 18.2 Å². The maximum atomic E-state index is 11.3. The zero-order valence-electron chi connectivity index (χ0n) is 8.82. The van der Waals surface area contributed by atoms with E-state index in [0.717, 1.165) is 25.2 Å². The number of nitrogens with zero attached hydrogens (tertiary/aromatic N) is 1. The third-order valence-corrected chi connectivity index (χ3v) is 3.03. The van der Waals surface area contributed by atoms with E-state index in [1.807, 2.05) is 0 Å². The summed E-state index contributed by atoms with van der Waals surface area (Å²) < 4.78 is 0. The van der Waals surface area contributed by atoms with Crippen LogP contribution in [0.15, 0.2) is 18.2 Å². The van der Waals surface area contributed by atoms with Gasteiger partial charge in [0.05, 0.1) is 11.3 Å². The van der Waals surface area contributed by atoms with Gasteiger partial charge in [0.15, 0.2) is 0 Å². The molecule has 86 valence electrons. The van der Waals surface area contributed by atoms with Crippen LogP contribution in [0.4, 0.5) is 5.69 Å². The summed E-state index contributed by atoms with van der Waals surface area (Å²) in [6.07, 6.45) is 0.921. The third kappa shape index (κ3) is 2.13. The van der Waals surface area contributed by atoms with Crippen LogP contribution >= 0.6 is 11.6 Å². The quantitative estimate of drug-likeness (QED) is 0.808. The topological polar surface area (TPSA) is 72.4 Å². The molecule has 1 aromatic carbocycles. The zero-order chi connectivity index (χ0) is 11.7. The van der Waals surface area contributed by atoms with Gasteiger partial charge in [-0.15, -0.1) is 0 Å². The molecule has 0 saturated carbocycles. The van der Waals surface area contributed by atoms with Gasteiger partial charge in [0.2, 0.25) is 0 Å². The molecule has 1 saturated heterocycles. The average molecular weight is 240 g/mol. The second-order valence-electron chi connectivity index (χ2n) is 4.02. The molecule has 16 heavy (non-hydrogen) atoms. The Labute approximate surface area is 99.2 Å². The molecule has 4 N–H and O–H groups in total. The van der Waals surface area contributed by atoms with Gasteiger partial charge in [0.25, 0.3) is 5.91 Å². The maximum Gasteiger partial charge on any atom is 0.250 e. The first-order chi connectivity index (χ1) is 7.58. The minimum atomic E-state index is -0.438. The predicted octanol–water partition coefficient (Wildman–Crippen LogP) is 0.976. The number of hydrogen-bond acceptors (Lipinski definition) is 3. The summed E-state index contributed by atoms with van der Waals surface area (Å²) in [5, 5.41) is 0.598. The van der Waals surface area contributed by atoms with Crippen LogP contribution in [0.25, 0.3) is 0 Å². The summed E-state index contributed by atoms with van der Waals surface area (Å²) in [6, 6.07) is 5.24. The van der Waals surface area contributed by atoms with Gasteiger partial charge in [-0.2, -0.15) is 0 Å². The van der Waals surface area contributed by atoms with Crippen molar-refractivity contribution in [3.8, 4) is 0 Å². The molecule has 0 bridgehead atoms. The van der Waals surface area contributed by atoms with Gasteiger partial charge in [-0.1, -0.05) is 11.6 Å². The fraction of sp³-hybridized carbons (Fsp3) is 0.364. The minimum absolute atomic E-state index is 0.153. The number of benzene rings is 1. The van der Waals surface area contributed by atoms with Crippen LogP contribution < -0.4 is 16.4 Å². The largest absolute Gasteiger partial charge is 0.369 e. The van der Waals surface area contributed by atoms with E-state index < -0.39 is 5.91 Å². The normalized spacial score (nSPS) is 20.1. The molecule has 2 rings (SSSR count). The molecule has 1 unspecified atom stereocenters. The van der Waals surface area contributed by atoms with Crippen molar-refractivity contribution in [1.82, 2.24) is 0 Å². The van der Waals surface area contributed by atoms with Crippen LogP contribution in [0.3, 0.4) is 0 Å². The molecule has 1 amide bonds. The van der Waals surface area contributed by atoms with Crippen molar-refractivity contribution < 1.29 is 4.79 Å². The van der Waals surface area contributed by atoms with E-state index in [0.29, 0.717) is 10.6 Å². The Balaban J connectivity index is 2.37. The lowest BCUT2D eigenvalue weighted by Gasteiger charge is -2.20. The zero-order valence-corrected chi connectivity index (χ0v) is 9.57. The second-order valence-corrected chi connectivity index (χ2v) is 4.46. The van der Waals surface area contributed by atoms with E-state index in [1.165, 1.54) is 0 Å². The molecule has 1 aliphatic heterocycles. The van der Waals surface area contributed by atoms with E-state index in [2.05, 4.69) is 4.90 Å². The fourth-order valence-electron chi connectivity index (χ4n) is 1.98. The number of nitrogens with two attached hydrogens (primary N) is 2. The lowest BCUT2D eigenvalue weighted by Crippen LogP contribution is -2.28. The lowest BCUT2D eigenvalue weighted by molar-refractivity contribution is 0.100. The van der Waals surface area contributed by atoms with Crippen LogP contribution in [-0.2, 0) is 0 Å². The van der Waals surface area contributed by atoms with Crippen LogP contribution in [0.1, 0.15) is 16.8 Å². The van der Waals surface area contributed by atoms with Gasteiger partial charge in [0, 0.05) is 24.2 Å². The molecule has 0 aliphatic carbocycles. The highest BCUT2D eigenvalue weighted by molar-refractivity contribution is 6.31. The van der Waals surface area contributed by atoms with Crippen molar-refractivity contribution in [3.05, 3.63) is 28.8 Å². The number of amides is 1. The average Bonchev–Trinajstić information content (AvgIpc) is 2.64. The number of anilines is 1. The molecule has 0 radical (unpaired) electrons. The highest BCUT2D eigenvalue weighted by Crippen LogP contribution is 2.27. The summed E-state index contributed by atoms with van der Waals surface area (Å²) in [5.74, 6) is -0.438. The van der Waals surface area contributed by atoms with Gasteiger partial charge in [-0.05, 0) is 24.6 Å². The molecule has 4 nitrogen and oxygen atoms in total. The van der Waals surface area contributed by atoms with E-state index in [-0.39, 0.29) is 6.04 Å². The Morgan fingerprint density at radius 1 is 1.50 bits per heavy atom. The molecule has 1 aromatic rings. The standard InChI is InChI=1S/C11H14ClN3O/c12-7-1-2-9(11(14)16)10(5-7)15-4-3-8(13)6-15/h1-2,5,8H,3-4,6,13H2,(H2,14,16). The van der Waals surface area contributed by atoms with Gasteiger partial charge < -0.3 is 16.4 Å².